The molecule has 1 N–H and O–H groups in total. The topological polar surface area (TPSA) is 30.5 Å². The van der Waals surface area contributed by atoms with Crippen LogP contribution in [0.15, 0.2) is 18.2 Å². The van der Waals surface area contributed by atoms with Gasteiger partial charge >= 0.3 is 0 Å². The molecule has 0 spiro atoms. The lowest BCUT2D eigenvalue weighted by Crippen LogP contribution is -2.16. The van der Waals surface area contributed by atoms with E-state index < -0.39 is 0 Å². The molecule has 0 aromatic heterocycles. The molecule has 106 valence electrons. The van der Waals surface area contributed by atoms with Gasteiger partial charge in [0.1, 0.15) is 5.75 Å². The van der Waals surface area contributed by atoms with Gasteiger partial charge in [0.05, 0.1) is 6.61 Å². The van der Waals surface area contributed by atoms with Gasteiger partial charge in [-0.3, -0.25) is 0 Å². The summed E-state index contributed by atoms with van der Waals surface area (Å²) in [4.78, 5) is 0. The first-order valence-electron chi connectivity index (χ1n) is 7.24. The molecule has 1 aromatic carbocycles. The van der Waals surface area contributed by atoms with Crippen LogP contribution in [0.5, 0.6) is 5.75 Å². The van der Waals surface area contributed by atoms with Crippen molar-refractivity contribution in [2.75, 3.05) is 20.3 Å². The highest BCUT2D eigenvalue weighted by atomic mass is 16.5. The maximum absolute atomic E-state index is 5.90. The van der Waals surface area contributed by atoms with Crippen LogP contribution in [-0.2, 0) is 11.3 Å². The van der Waals surface area contributed by atoms with Crippen molar-refractivity contribution in [1.29, 1.82) is 0 Å². The Bertz CT molecular complexity index is 388. The quantitative estimate of drug-likeness (QED) is 0.695. The molecule has 3 nitrogen and oxygen atoms in total. The van der Waals surface area contributed by atoms with Gasteiger partial charge in [-0.25, -0.2) is 0 Å². The Kier molecular flexibility index (Phi) is 5.67. The second kappa shape index (κ2) is 7.51. The number of methoxy groups -OCH3 is 1. The van der Waals surface area contributed by atoms with Crippen LogP contribution < -0.4 is 10.1 Å². The first kappa shape index (κ1) is 14.4. The summed E-state index contributed by atoms with van der Waals surface area (Å²) in [5, 5.41) is 3.55. The number of benzene rings is 1. The summed E-state index contributed by atoms with van der Waals surface area (Å²) in [5.41, 5.74) is 2.57. The van der Waals surface area contributed by atoms with E-state index in [0.717, 1.165) is 44.4 Å². The van der Waals surface area contributed by atoms with Gasteiger partial charge in [-0.1, -0.05) is 17.7 Å². The molecular formula is C16H25NO2. The van der Waals surface area contributed by atoms with Crippen LogP contribution in [0.2, 0.25) is 0 Å². The molecular weight excluding hydrogens is 238 g/mol. The van der Waals surface area contributed by atoms with Crippen LogP contribution in [0.25, 0.3) is 0 Å². The molecule has 0 unspecified atom stereocenters. The van der Waals surface area contributed by atoms with Crippen LogP contribution in [0.3, 0.4) is 0 Å². The van der Waals surface area contributed by atoms with Gasteiger partial charge in [0.2, 0.25) is 0 Å². The van der Waals surface area contributed by atoms with Crippen LogP contribution in [0.1, 0.15) is 36.8 Å². The molecule has 1 aliphatic rings. The number of hydrogen-bond acceptors (Lipinski definition) is 3. The van der Waals surface area contributed by atoms with Crippen molar-refractivity contribution in [3.8, 4) is 5.75 Å². The number of aryl methyl sites for hydroxylation is 1. The highest BCUT2D eigenvalue weighted by Crippen LogP contribution is 2.23. The smallest absolute Gasteiger partial charge is 0.123 e. The van der Waals surface area contributed by atoms with E-state index in [1.54, 1.807) is 7.11 Å². The summed E-state index contributed by atoms with van der Waals surface area (Å²) in [6, 6.07) is 7.16. The van der Waals surface area contributed by atoms with Crippen LogP contribution in [0.4, 0.5) is 0 Å². The fourth-order valence-corrected chi connectivity index (χ4v) is 2.06. The normalized spacial score (nSPS) is 14.6. The minimum atomic E-state index is 0.732. The van der Waals surface area contributed by atoms with Crippen molar-refractivity contribution in [2.45, 2.75) is 45.2 Å². The Balaban J connectivity index is 1.82. The Morgan fingerprint density at radius 2 is 2.00 bits per heavy atom. The van der Waals surface area contributed by atoms with E-state index in [1.807, 2.05) is 0 Å². The largest absolute Gasteiger partial charge is 0.493 e. The summed E-state index contributed by atoms with van der Waals surface area (Å²) in [7, 11) is 1.74. The lowest BCUT2D eigenvalue weighted by Gasteiger charge is -2.13. The predicted octanol–water partition coefficient (Wildman–Crippen LogP) is 3.05. The van der Waals surface area contributed by atoms with Crippen molar-refractivity contribution in [1.82, 2.24) is 5.32 Å². The van der Waals surface area contributed by atoms with Crippen molar-refractivity contribution < 1.29 is 9.47 Å². The molecule has 0 aliphatic heterocycles. The first-order valence-corrected chi connectivity index (χ1v) is 7.24. The zero-order valence-corrected chi connectivity index (χ0v) is 12.1. The average Bonchev–Trinajstić information content (AvgIpc) is 3.22. The van der Waals surface area contributed by atoms with Gasteiger partial charge in [0, 0.05) is 31.9 Å². The van der Waals surface area contributed by atoms with Gasteiger partial charge in [-0.05, 0) is 38.7 Å². The van der Waals surface area contributed by atoms with E-state index in [9.17, 15) is 0 Å². The lowest BCUT2D eigenvalue weighted by molar-refractivity contribution is 0.184. The Hall–Kier alpha value is -1.06. The third-order valence-electron chi connectivity index (χ3n) is 3.37. The monoisotopic (exact) mass is 263 g/mol. The Labute approximate surface area is 116 Å². The first-order chi connectivity index (χ1) is 9.29. The molecule has 19 heavy (non-hydrogen) atoms. The van der Waals surface area contributed by atoms with Crippen LogP contribution in [-0.4, -0.2) is 26.4 Å². The van der Waals surface area contributed by atoms with E-state index in [0.29, 0.717) is 0 Å². The summed E-state index contributed by atoms with van der Waals surface area (Å²) >= 11 is 0. The van der Waals surface area contributed by atoms with Crippen LogP contribution in [0, 0.1) is 6.92 Å². The molecule has 0 radical (unpaired) electrons. The molecule has 0 saturated heterocycles. The highest BCUT2D eigenvalue weighted by Gasteiger charge is 2.20. The molecule has 0 heterocycles. The fourth-order valence-electron chi connectivity index (χ4n) is 2.06. The van der Waals surface area contributed by atoms with Gasteiger partial charge in [0.15, 0.2) is 0 Å². The number of rotatable bonds is 9. The number of nitrogens with one attached hydrogen (secondary N) is 1. The minimum absolute atomic E-state index is 0.732. The zero-order chi connectivity index (χ0) is 13.5. The molecule has 0 bridgehead atoms. The summed E-state index contributed by atoms with van der Waals surface area (Å²) < 4.78 is 10.9. The van der Waals surface area contributed by atoms with Crippen molar-refractivity contribution >= 4 is 0 Å². The third-order valence-corrected chi connectivity index (χ3v) is 3.37. The van der Waals surface area contributed by atoms with Crippen LogP contribution >= 0.6 is 0 Å². The predicted molar refractivity (Wildman–Crippen MR) is 77.6 cm³/mol. The van der Waals surface area contributed by atoms with E-state index in [4.69, 9.17) is 9.47 Å². The van der Waals surface area contributed by atoms with Gasteiger partial charge in [0.25, 0.3) is 0 Å². The van der Waals surface area contributed by atoms with Crippen molar-refractivity contribution in [3.63, 3.8) is 0 Å². The fraction of sp³-hybridized carbons (Fsp3) is 0.625. The lowest BCUT2D eigenvalue weighted by atomic mass is 10.1. The van der Waals surface area contributed by atoms with E-state index in [2.05, 4.69) is 30.4 Å². The Morgan fingerprint density at radius 1 is 1.21 bits per heavy atom. The molecule has 0 amide bonds. The molecule has 1 fully saturated rings. The summed E-state index contributed by atoms with van der Waals surface area (Å²) in [6.07, 6.45) is 4.73. The van der Waals surface area contributed by atoms with Gasteiger partial charge in [-0.2, -0.15) is 0 Å². The van der Waals surface area contributed by atoms with E-state index >= 15 is 0 Å². The molecule has 0 atom stereocenters. The molecule has 1 saturated carbocycles. The van der Waals surface area contributed by atoms with Gasteiger partial charge < -0.3 is 14.8 Å². The Morgan fingerprint density at radius 3 is 2.74 bits per heavy atom. The van der Waals surface area contributed by atoms with E-state index in [-0.39, 0.29) is 0 Å². The minimum Gasteiger partial charge on any atom is -0.493 e. The van der Waals surface area contributed by atoms with E-state index in [1.165, 1.54) is 24.0 Å². The number of ether oxygens (including phenoxy) is 2. The highest BCUT2D eigenvalue weighted by molar-refractivity contribution is 5.37. The molecule has 1 aromatic rings. The zero-order valence-electron chi connectivity index (χ0n) is 12.1. The summed E-state index contributed by atoms with van der Waals surface area (Å²) in [6.45, 7) is 4.62. The second-order valence-corrected chi connectivity index (χ2v) is 5.31. The number of unbranched alkanes of at least 4 members (excludes halogenated alkanes) is 1. The third kappa shape index (κ3) is 5.21. The maximum Gasteiger partial charge on any atom is 0.123 e. The standard InChI is InChI=1S/C16H25NO2/c1-13-5-8-16(19-10-4-3-9-18-2)14(11-13)12-17-15-6-7-15/h5,8,11,15,17H,3-4,6-7,9-10,12H2,1-2H3. The maximum atomic E-state index is 5.90. The molecule has 3 heteroatoms. The second-order valence-electron chi connectivity index (χ2n) is 5.31. The van der Waals surface area contributed by atoms with Crippen molar-refractivity contribution in [3.05, 3.63) is 29.3 Å². The van der Waals surface area contributed by atoms with Gasteiger partial charge in [-0.15, -0.1) is 0 Å². The SMILES string of the molecule is COCCCCOc1ccc(C)cc1CNC1CC1. The molecule has 1 aliphatic carbocycles. The average molecular weight is 263 g/mol. The van der Waals surface area contributed by atoms with Crippen molar-refractivity contribution in [2.24, 2.45) is 0 Å². The molecule has 2 rings (SSSR count). The summed E-state index contributed by atoms with van der Waals surface area (Å²) in [5.74, 6) is 1.02. The number of hydrogen-bond donors (Lipinski definition) is 1.